The van der Waals surface area contributed by atoms with Gasteiger partial charge in [-0.25, -0.2) is 0 Å². The smallest absolute Gasteiger partial charge is 0.248 e. The van der Waals surface area contributed by atoms with E-state index in [0.717, 1.165) is 0 Å². The number of carbonyl (C=O) groups is 2. The highest BCUT2D eigenvalue weighted by atomic mass is 16.5. The number of carbonyl (C=O) groups excluding carboxylic acids is 2. The molecule has 1 fully saturated rings. The lowest BCUT2D eigenvalue weighted by molar-refractivity contribution is -0.143. The van der Waals surface area contributed by atoms with E-state index in [4.69, 9.17) is 4.74 Å². The van der Waals surface area contributed by atoms with E-state index >= 15 is 0 Å². The van der Waals surface area contributed by atoms with E-state index in [9.17, 15) is 9.59 Å². The predicted octanol–water partition coefficient (Wildman–Crippen LogP) is 0.539. The minimum absolute atomic E-state index is 0.0644. The van der Waals surface area contributed by atoms with Crippen LogP contribution >= 0.6 is 0 Å². The van der Waals surface area contributed by atoms with Crippen LogP contribution in [0.5, 0.6) is 0 Å². The molecule has 1 aliphatic rings. The van der Waals surface area contributed by atoms with Gasteiger partial charge in [0, 0.05) is 20.1 Å². The Kier molecular flexibility index (Phi) is 3.81. The Morgan fingerprint density at radius 3 is 2.53 bits per heavy atom. The summed E-state index contributed by atoms with van der Waals surface area (Å²) < 4.78 is 5.14. The molecule has 0 radical (unpaired) electrons. The zero-order valence-electron chi connectivity index (χ0n) is 11.3. The Morgan fingerprint density at radius 2 is 2.00 bits per heavy atom. The van der Waals surface area contributed by atoms with Crippen LogP contribution < -0.4 is 5.32 Å². The van der Waals surface area contributed by atoms with Gasteiger partial charge in [0.05, 0.1) is 12.1 Å². The molecule has 0 aromatic heterocycles. The van der Waals surface area contributed by atoms with Crippen LogP contribution in [0, 0.1) is 0 Å². The molecular formula is C12H22N2O3. The van der Waals surface area contributed by atoms with Crippen LogP contribution in [0.15, 0.2) is 0 Å². The lowest BCUT2D eigenvalue weighted by Gasteiger charge is -2.40. The molecule has 0 spiro atoms. The van der Waals surface area contributed by atoms with Crippen LogP contribution in [-0.2, 0) is 14.3 Å². The second-order valence-corrected chi connectivity index (χ2v) is 5.63. The van der Waals surface area contributed by atoms with Crippen molar-refractivity contribution >= 4 is 11.8 Å². The molecule has 0 bridgehead atoms. The molecule has 1 saturated heterocycles. The maximum absolute atomic E-state index is 12.4. The lowest BCUT2D eigenvalue weighted by Crippen LogP contribution is -2.59. The SMILES string of the molecule is COCC(C)(C)N1CCC(=O)NC(C)(C)C1=O. The summed E-state index contributed by atoms with van der Waals surface area (Å²) >= 11 is 0. The zero-order valence-corrected chi connectivity index (χ0v) is 11.3. The number of hydrogen-bond acceptors (Lipinski definition) is 3. The number of rotatable bonds is 3. The van der Waals surface area contributed by atoms with Gasteiger partial charge in [-0.05, 0) is 27.7 Å². The van der Waals surface area contributed by atoms with Gasteiger partial charge in [-0.2, -0.15) is 0 Å². The monoisotopic (exact) mass is 242 g/mol. The maximum atomic E-state index is 12.4. The van der Waals surface area contributed by atoms with E-state index < -0.39 is 11.1 Å². The fraction of sp³-hybridized carbons (Fsp3) is 0.833. The third kappa shape index (κ3) is 2.97. The first-order valence-electron chi connectivity index (χ1n) is 5.83. The van der Waals surface area contributed by atoms with E-state index in [2.05, 4.69) is 5.32 Å². The Morgan fingerprint density at radius 1 is 1.41 bits per heavy atom. The minimum Gasteiger partial charge on any atom is -0.382 e. The molecule has 98 valence electrons. The molecule has 0 aromatic carbocycles. The normalized spacial score (nSPS) is 21.1. The van der Waals surface area contributed by atoms with Gasteiger partial charge in [0.15, 0.2) is 0 Å². The highest BCUT2D eigenvalue weighted by Gasteiger charge is 2.42. The first-order chi connectivity index (χ1) is 7.70. The molecule has 2 amide bonds. The van der Waals surface area contributed by atoms with Crippen molar-refractivity contribution in [1.29, 1.82) is 0 Å². The average Bonchev–Trinajstić information content (AvgIpc) is 2.24. The van der Waals surface area contributed by atoms with Gasteiger partial charge in [-0.3, -0.25) is 9.59 Å². The molecule has 5 heteroatoms. The van der Waals surface area contributed by atoms with Crippen molar-refractivity contribution in [3.05, 3.63) is 0 Å². The van der Waals surface area contributed by atoms with Crippen LogP contribution in [0.1, 0.15) is 34.1 Å². The highest BCUT2D eigenvalue weighted by molar-refractivity contribution is 5.93. The molecule has 1 aliphatic heterocycles. The molecule has 5 nitrogen and oxygen atoms in total. The van der Waals surface area contributed by atoms with Crippen LogP contribution in [0.4, 0.5) is 0 Å². The second-order valence-electron chi connectivity index (χ2n) is 5.63. The number of nitrogens with one attached hydrogen (secondary N) is 1. The van der Waals surface area contributed by atoms with Crippen molar-refractivity contribution < 1.29 is 14.3 Å². The summed E-state index contributed by atoms with van der Waals surface area (Å²) in [6.45, 7) is 8.23. The minimum atomic E-state index is -0.849. The lowest BCUT2D eigenvalue weighted by atomic mass is 9.98. The van der Waals surface area contributed by atoms with Crippen molar-refractivity contribution in [2.24, 2.45) is 0 Å². The summed E-state index contributed by atoms with van der Waals surface area (Å²) in [5.41, 5.74) is -1.26. The van der Waals surface area contributed by atoms with Gasteiger partial charge in [0.2, 0.25) is 11.8 Å². The molecule has 1 N–H and O–H groups in total. The number of nitrogens with zero attached hydrogens (tertiary/aromatic N) is 1. The van der Waals surface area contributed by atoms with Gasteiger partial charge in [-0.1, -0.05) is 0 Å². The van der Waals surface area contributed by atoms with Crippen LogP contribution in [0.2, 0.25) is 0 Å². The van der Waals surface area contributed by atoms with E-state index in [1.165, 1.54) is 0 Å². The molecule has 1 rings (SSSR count). The standard InChI is InChI=1S/C12H22N2O3/c1-11(2,8-17-5)14-7-6-9(15)13-12(3,4)10(14)16/h6-8H2,1-5H3,(H,13,15). The quantitative estimate of drug-likeness (QED) is 0.785. The first-order valence-corrected chi connectivity index (χ1v) is 5.83. The Labute approximate surface area is 102 Å². The van der Waals surface area contributed by atoms with Crippen molar-refractivity contribution in [3.8, 4) is 0 Å². The van der Waals surface area contributed by atoms with E-state index in [1.54, 1.807) is 25.9 Å². The summed E-state index contributed by atoms with van der Waals surface area (Å²) in [6.07, 6.45) is 0.336. The summed E-state index contributed by atoms with van der Waals surface area (Å²) in [5.74, 6) is -0.149. The third-order valence-electron chi connectivity index (χ3n) is 3.02. The molecule has 1 heterocycles. The first kappa shape index (κ1) is 14.0. The molecule has 0 unspecified atom stereocenters. The van der Waals surface area contributed by atoms with Crippen LogP contribution in [0.25, 0.3) is 0 Å². The van der Waals surface area contributed by atoms with Gasteiger partial charge >= 0.3 is 0 Å². The average molecular weight is 242 g/mol. The van der Waals surface area contributed by atoms with E-state index in [0.29, 0.717) is 19.6 Å². The molecule has 0 atom stereocenters. The second kappa shape index (κ2) is 4.64. The molecule has 17 heavy (non-hydrogen) atoms. The van der Waals surface area contributed by atoms with Gasteiger partial charge < -0.3 is 15.0 Å². The van der Waals surface area contributed by atoms with Gasteiger partial charge in [0.25, 0.3) is 0 Å². The van der Waals surface area contributed by atoms with Crippen molar-refractivity contribution in [3.63, 3.8) is 0 Å². The number of methoxy groups -OCH3 is 1. The fourth-order valence-corrected chi connectivity index (χ4v) is 2.13. The molecule has 0 aromatic rings. The predicted molar refractivity (Wildman–Crippen MR) is 64.5 cm³/mol. The Hall–Kier alpha value is -1.10. The molecule has 0 aliphatic carbocycles. The fourth-order valence-electron chi connectivity index (χ4n) is 2.13. The maximum Gasteiger partial charge on any atom is 0.248 e. The van der Waals surface area contributed by atoms with Crippen LogP contribution in [-0.4, -0.2) is 48.1 Å². The van der Waals surface area contributed by atoms with Crippen molar-refractivity contribution in [1.82, 2.24) is 10.2 Å². The van der Waals surface area contributed by atoms with Crippen LogP contribution in [0.3, 0.4) is 0 Å². The van der Waals surface area contributed by atoms with E-state index in [-0.39, 0.29) is 11.8 Å². The van der Waals surface area contributed by atoms with Crippen molar-refractivity contribution in [2.75, 3.05) is 20.3 Å². The van der Waals surface area contributed by atoms with E-state index in [1.807, 2.05) is 13.8 Å². The molecular weight excluding hydrogens is 220 g/mol. The van der Waals surface area contributed by atoms with Crippen molar-refractivity contribution in [2.45, 2.75) is 45.2 Å². The number of amides is 2. The molecule has 0 saturated carbocycles. The topological polar surface area (TPSA) is 58.6 Å². The summed E-state index contributed by atoms with van der Waals surface area (Å²) in [7, 11) is 1.61. The summed E-state index contributed by atoms with van der Waals surface area (Å²) in [4.78, 5) is 25.7. The summed E-state index contributed by atoms with van der Waals surface area (Å²) in [5, 5.41) is 2.74. The summed E-state index contributed by atoms with van der Waals surface area (Å²) in [6, 6.07) is 0. The van der Waals surface area contributed by atoms with Gasteiger partial charge in [0.1, 0.15) is 5.54 Å². The highest BCUT2D eigenvalue weighted by Crippen LogP contribution is 2.22. The Bertz CT molecular complexity index is 324. The number of hydrogen-bond donors (Lipinski definition) is 1. The number of ether oxygens (including phenoxy) is 1. The van der Waals surface area contributed by atoms with Gasteiger partial charge in [-0.15, -0.1) is 0 Å². The third-order valence-corrected chi connectivity index (χ3v) is 3.02. The largest absolute Gasteiger partial charge is 0.382 e. The zero-order chi connectivity index (χ0) is 13.3. The Balaban J connectivity index is 2.99.